The van der Waals surface area contributed by atoms with Crippen LogP contribution in [-0.4, -0.2) is 10.2 Å². The number of benzene rings is 2. The second kappa shape index (κ2) is 5.73. The van der Waals surface area contributed by atoms with Crippen molar-refractivity contribution in [3.05, 3.63) is 59.4 Å². The van der Waals surface area contributed by atoms with Crippen LogP contribution in [0.2, 0.25) is 0 Å². The molecule has 0 aliphatic rings. The van der Waals surface area contributed by atoms with Crippen molar-refractivity contribution >= 4 is 11.0 Å². The van der Waals surface area contributed by atoms with Crippen LogP contribution in [-0.2, 0) is 6.61 Å². The summed E-state index contributed by atoms with van der Waals surface area (Å²) in [7, 11) is 0. The molecule has 4 nitrogen and oxygen atoms in total. The maximum absolute atomic E-state index is 9.61. The van der Waals surface area contributed by atoms with Gasteiger partial charge in [0.1, 0.15) is 35.6 Å². The van der Waals surface area contributed by atoms with Gasteiger partial charge in [0.05, 0.1) is 0 Å². The summed E-state index contributed by atoms with van der Waals surface area (Å²) in [5.74, 6) is 1.53. The molecule has 4 heteroatoms. The smallest absolute Gasteiger partial charge is 0.141 e. The van der Waals surface area contributed by atoms with Crippen molar-refractivity contribution in [1.82, 2.24) is 0 Å². The average molecular weight is 298 g/mol. The van der Waals surface area contributed by atoms with E-state index in [1.807, 2.05) is 37.3 Å². The highest BCUT2D eigenvalue weighted by molar-refractivity contribution is 5.83. The molecule has 0 spiro atoms. The first-order chi connectivity index (χ1) is 10.5. The Hall–Kier alpha value is -2.46. The number of aliphatic hydroxyl groups excluding tert-OH is 1. The molecule has 1 heterocycles. The van der Waals surface area contributed by atoms with Crippen LogP contribution in [0.1, 0.15) is 29.9 Å². The molecule has 1 aromatic heterocycles. The number of hydrogen-bond acceptors (Lipinski definition) is 4. The zero-order valence-corrected chi connectivity index (χ0v) is 12.5. The molecule has 2 aromatic carbocycles. The van der Waals surface area contributed by atoms with Crippen molar-refractivity contribution in [2.45, 2.75) is 26.6 Å². The Morgan fingerprint density at radius 2 is 1.86 bits per heavy atom. The summed E-state index contributed by atoms with van der Waals surface area (Å²) in [5, 5.41) is 19.8. The van der Waals surface area contributed by atoms with Gasteiger partial charge in [-0.3, -0.25) is 0 Å². The van der Waals surface area contributed by atoms with E-state index in [-0.39, 0.29) is 5.75 Å². The van der Waals surface area contributed by atoms with Crippen LogP contribution >= 0.6 is 0 Å². The van der Waals surface area contributed by atoms with Crippen LogP contribution in [0.25, 0.3) is 11.0 Å². The summed E-state index contributed by atoms with van der Waals surface area (Å²) in [6, 6.07) is 12.6. The van der Waals surface area contributed by atoms with Gasteiger partial charge in [0.2, 0.25) is 0 Å². The van der Waals surface area contributed by atoms with Crippen LogP contribution in [0.4, 0.5) is 0 Å². The molecular weight excluding hydrogens is 280 g/mol. The molecule has 0 aliphatic carbocycles. The van der Waals surface area contributed by atoms with Gasteiger partial charge in [0.15, 0.2) is 0 Å². The number of fused-ring (bicyclic) bond motifs is 1. The summed E-state index contributed by atoms with van der Waals surface area (Å²) in [4.78, 5) is 0. The molecule has 0 saturated heterocycles. The number of rotatable bonds is 4. The van der Waals surface area contributed by atoms with Gasteiger partial charge in [-0.05, 0) is 49.7 Å². The summed E-state index contributed by atoms with van der Waals surface area (Å²) < 4.78 is 11.5. The van der Waals surface area contributed by atoms with E-state index in [1.54, 1.807) is 19.1 Å². The van der Waals surface area contributed by atoms with E-state index < -0.39 is 6.10 Å². The number of phenols is 1. The van der Waals surface area contributed by atoms with Gasteiger partial charge in [-0.25, -0.2) is 0 Å². The highest BCUT2D eigenvalue weighted by atomic mass is 16.5. The normalized spacial score (nSPS) is 12.5. The minimum atomic E-state index is -0.631. The van der Waals surface area contributed by atoms with Gasteiger partial charge in [0.25, 0.3) is 0 Å². The van der Waals surface area contributed by atoms with E-state index in [0.717, 1.165) is 27.8 Å². The third kappa shape index (κ3) is 2.78. The minimum Gasteiger partial charge on any atom is -0.508 e. The zero-order chi connectivity index (χ0) is 15.7. The summed E-state index contributed by atoms with van der Waals surface area (Å²) in [6.45, 7) is 4.02. The second-order valence-electron chi connectivity index (χ2n) is 5.39. The van der Waals surface area contributed by atoms with Crippen LogP contribution in [0.15, 0.2) is 46.9 Å². The fourth-order valence-corrected chi connectivity index (χ4v) is 2.36. The molecule has 0 amide bonds. The first-order valence-corrected chi connectivity index (χ1v) is 7.16. The van der Waals surface area contributed by atoms with Crippen LogP contribution in [0.3, 0.4) is 0 Å². The fraction of sp³-hybridized carbons (Fsp3) is 0.222. The Labute approximate surface area is 128 Å². The van der Waals surface area contributed by atoms with Gasteiger partial charge in [-0.1, -0.05) is 12.1 Å². The average Bonchev–Trinajstić information content (AvgIpc) is 2.94. The Bertz CT molecular complexity index is 785. The van der Waals surface area contributed by atoms with Crippen LogP contribution < -0.4 is 4.74 Å². The molecule has 114 valence electrons. The lowest BCUT2D eigenvalue weighted by atomic mass is 10.1. The molecule has 0 aliphatic heterocycles. The van der Waals surface area contributed by atoms with Crippen LogP contribution in [0.5, 0.6) is 11.5 Å². The topological polar surface area (TPSA) is 62.8 Å². The van der Waals surface area contributed by atoms with Gasteiger partial charge in [-0.15, -0.1) is 0 Å². The molecule has 3 rings (SSSR count). The van der Waals surface area contributed by atoms with Crippen molar-refractivity contribution < 1.29 is 19.4 Å². The molecule has 2 N–H and O–H groups in total. The van der Waals surface area contributed by atoms with E-state index in [0.29, 0.717) is 12.4 Å². The number of aryl methyl sites for hydroxylation is 1. The van der Waals surface area contributed by atoms with E-state index >= 15 is 0 Å². The van der Waals surface area contributed by atoms with E-state index in [2.05, 4.69) is 0 Å². The molecule has 3 aromatic rings. The molecule has 0 saturated carbocycles. The van der Waals surface area contributed by atoms with E-state index in [9.17, 15) is 10.2 Å². The lowest BCUT2D eigenvalue weighted by Crippen LogP contribution is -1.96. The Morgan fingerprint density at radius 3 is 2.55 bits per heavy atom. The van der Waals surface area contributed by atoms with Crippen LogP contribution in [0, 0.1) is 6.92 Å². The van der Waals surface area contributed by atoms with E-state index in [1.165, 1.54) is 0 Å². The molecule has 1 unspecified atom stereocenters. The SMILES string of the molecule is Cc1c(OCc2ccc(O)cc2)ccc2cc(C(C)O)oc12. The monoisotopic (exact) mass is 298 g/mol. The van der Waals surface area contributed by atoms with Crippen molar-refractivity contribution in [1.29, 1.82) is 0 Å². The van der Waals surface area contributed by atoms with Crippen molar-refractivity contribution in [3.63, 3.8) is 0 Å². The fourth-order valence-electron chi connectivity index (χ4n) is 2.36. The van der Waals surface area contributed by atoms with Crippen molar-refractivity contribution in [2.24, 2.45) is 0 Å². The predicted octanol–water partition coefficient (Wildman–Crippen LogP) is 4.08. The predicted molar refractivity (Wildman–Crippen MR) is 84.0 cm³/mol. The standard InChI is InChI=1S/C18H18O4/c1-11-16(21-10-13-3-6-15(20)7-4-13)8-5-14-9-17(12(2)19)22-18(11)14/h3-9,12,19-20H,10H2,1-2H3. The van der Waals surface area contributed by atoms with Gasteiger partial charge in [0, 0.05) is 10.9 Å². The van der Waals surface area contributed by atoms with Gasteiger partial charge < -0.3 is 19.4 Å². The third-order valence-corrected chi connectivity index (χ3v) is 3.65. The Kier molecular flexibility index (Phi) is 3.77. The van der Waals surface area contributed by atoms with Gasteiger partial charge >= 0.3 is 0 Å². The number of aromatic hydroxyl groups is 1. The van der Waals surface area contributed by atoms with Gasteiger partial charge in [-0.2, -0.15) is 0 Å². The summed E-state index contributed by atoms with van der Waals surface area (Å²) >= 11 is 0. The lowest BCUT2D eigenvalue weighted by molar-refractivity contribution is 0.172. The largest absolute Gasteiger partial charge is 0.508 e. The second-order valence-corrected chi connectivity index (χ2v) is 5.39. The maximum Gasteiger partial charge on any atom is 0.141 e. The molecule has 0 radical (unpaired) electrons. The van der Waals surface area contributed by atoms with Crippen molar-refractivity contribution in [3.8, 4) is 11.5 Å². The zero-order valence-electron chi connectivity index (χ0n) is 12.5. The lowest BCUT2D eigenvalue weighted by Gasteiger charge is -2.09. The first-order valence-electron chi connectivity index (χ1n) is 7.16. The number of hydrogen-bond donors (Lipinski definition) is 2. The number of aliphatic hydroxyl groups is 1. The Balaban J connectivity index is 1.84. The third-order valence-electron chi connectivity index (χ3n) is 3.65. The molecule has 0 fully saturated rings. The maximum atomic E-state index is 9.61. The quantitative estimate of drug-likeness (QED) is 0.762. The highest BCUT2D eigenvalue weighted by Crippen LogP contribution is 2.32. The van der Waals surface area contributed by atoms with Crippen molar-refractivity contribution in [2.75, 3.05) is 0 Å². The molecular formula is C18H18O4. The number of furan rings is 1. The number of phenolic OH excluding ortho intramolecular Hbond substituents is 1. The first kappa shape index (κ1) is 14.5. The minimum absolute atomic E-state index is 0.239. The highest BCUT2D eigenvalue weighted by Gasteiger charge is 2.13. The van der Waals surface area contributed by atoms with E-state index in [4.69, 9.17) is 9.15 Å². The molecule has 22 heavy (non-hydrogen) atoms. The molecule has 1 atom stereocenters. The number of ether oxygens (including phenoxy) is 1. The Morgan fingerprint density at radius 1 is 1.14 bits per heavy atom. The summed E-state index contributed by atoms with van der Waals surface area (Å²) in [6.07, 6.45) is -0.631. The summed E-state index contributed by atoms with van der Waals surface area (Å²) in [5.41, 5.74) is 2.61. The molecule has 0 bridgehead atoms.